The highest BCUT2D eigenvalue weighted by molar-refractivity contribution is 14.1. The molecule has 112 valence electrons. The van der Waals surface area contributed by atoms with E-state index in [4.69, 9.17) is 4.74 Å². The fourth-order valence-electron chi connectivity index (χ4n) is 2.00. The number of nitrogens with one attached hydrogen (secondary N) is 1. The Morgan fingerprint density at radius 3 is 2.68 bits per heavy atom. The Morgan fingerprint density at radius 1 is 1.14 bits per heavy atom. The van der Waals surface area contributed by atoms with Crippen molar-refractivity contribution >= 4 is 34.4 Å². The van der Waals surface area contributed by atoms with E-state index < -0.39 is 0 Å². The number of aromatic amines is 1. The second kappa shape index (κ2) is 7.15. The van der Waals surface area contributed by atoms with Gasteiger partial charge in [-0.05, 0) is 52.4 Å². The Morgan fingerprint density at radius 2 is 1.91 bits per heavy atom. The molecule has 0 aliphatic heterocycles. The number of nitrogens with zero attached hydrogens (tertiary/aromatic N) is 2. The lowest BCUT2D eigenvalue weighted by molar-refractivity contribution is 0.416. The van der Waals surface area contributed by atoms with E-state index in [1.807, 2.05) is 24.3 Å². The molecule has 0 bridgehead atoms. The van der Waals surface area contributed by atoms with Crippen molar-refractivity contribution in [2.45, 2.75) is 10.9 Å². The smallest absolute Gasteiger partial charge is 0.209 e. The van der Waals surface area contributed by atoms with Gasteiger partial charge in [0, 0.05) is 9.32 Å². The molecule has 0 aliphatic rings. The van der Waals surface area contributed by atoms with Crippen LogP contribution >= 0.6 is 34.4 Å². The van der Waals surface area contributed by atoms with Crippen molar-refractivity contribution < 1.29 is 4.74 Å². The molecule has 0 saturated carbocycles. The second-order valence-electron chi connectivity index (χ2n) is 4.58. The number of ether oxygens (including phenoxy) is 1. The summed E-state index contributed by atoms with van der Waals surface area (Å²) in [6.07, 6.45) is 0. The van der Waals surface area contributed by atoms with E-state index in [2.05, 4.69) is 62.0 Å². The average Bonchev–Trinajstić information content (AvgIpc) is 3.03. The molecule has 0 spiro atoms. The van der Waals surface area contributed by atoms with E-state index in [0.29, 0.717) is 0 Å². The van der Waals surface area contributed by atoms with E-state index in [1.165, 1.54) is 9.13 Å². The molecule has 0 saturated heterocycles. The van der Waals surface area contributed by atoms with E-state index in [9.17, 15) is 0 Å². The fraction of sp³-hybridized carbons (Fsp3) is 0.125. The molecule has 0 amide bonds. The molecule has 3 rings (SSSR count). The molecule has 2 aromatic carbocycles. The number of aromatic nitrogens is 3. The molecular weight excluding hydrogens is 409 g/mol. The van der Waals surface area contributed by atoms with Gasteiger partial charge in [-0.25, -0.2) is 4.98 Å². The molecule has 1 N–H and O–H groups in total. The van der Waals surface area contributed by atoms with Crippen molar-refractivity contribution in [3.63, 3.8) is 0 Å². The third-order valence-electron chi connectivity index (χ3n) is 3.11. The first-order chi connectivity index (χ1) is 10.8. The first-order valence-electron chi connectivity index (χ1n) is 6.69. The molecule has 1 heterocycles. The van der Waals surface area contributed by atoms with Crippen LogP contribution in [0.2, 0.25) is 0 Å². The number of hydrogen-bond acceptors (Lipinski definition) is 4. The maximum absolute atomic E-state index is 5.35. The van der Waals surface area contributed by atoms with E-state index in [-0.39, 0.29) is 0 Å². The molecule has 0 unspecified atom stereocenters. The Hall–Kier alpha value is -1.54. The number of hydrogen-bond donors (Lipinski definition) is 1. The zero-order chi connectivity index (χ0) is 15.4. The Kier molecular flexibility index (Phi) is 4.99. The summed E-state index contributed by atoms with van der Waals surface area (Å²) >= 11 is 3.92. The Bertz CT molecular complexity index is 758. The number of thioether (sulfide) groups is 1. The van der Waals surface area contributed by atoms with Gasteiger partial charge in [-0.15, -0.1) is 5.10 Å². The summed E-state index contributed by atoms with van der Waals surface area (Å²) in [6, 6.07) is 16.2. The van der Waals surface area contributed by atoms with Gasteiger partial charge < -0.3 is 4.74 Å². The predicted molar refractivity (Wildman–Crippen MR) is 97.1 cm³/mol. The van der Waals surface area contributed by atoms with Crippen molar-refractivity contribution in [3.05, 3.63) is 57.7 Å². The van der Waals surface area contributed by atoms with Gasteiger partial charge in [0.1, 0.15) is 5.75 Å². The molecule has 6 heteroatoms. The zero-order valence-corrected chi connectivity index (χ0v) is 14.9. The lowest BCUT2D eigenvalue weighted by Gasteiger charge is -2.04. The minimum Gasteiger partial charge on any atom is -0.496 e. The molecule has 0 aliphatic carbocycles. The maximum atomic E-state index is 5.35. The van der Waals surface area contributed by atoms with Crippen molar-refractivity contribution in [1.82, 2.24) is 15.2 Å². The van der Waals surface area contributed by atoms with Crippen LogP contribution in [-0.2, 0) is 5.75 Å². The summed E-state index contributed by atoms with van der Waals surface area (Å²) in [5.74, 6) is 2.36. The molecular formula is C16H14IN3OS. The van der Waals surface area contributed by atoms with Gasteiger partial charge >= 0.3 is 0 Å². The minimum atomic E-state index is 0.725. The highest BCUT2D eigenvalue weighted by Gasteiger charge is 2.10. The third kappa shape index (κ3) is 3.61. The van der Waals surface area contributed by atoms with E-state index >= 15 is 0 Å². The van der Waals surface area contributed by atoms with E-state index in [1.54, 1.807) is 18.9 Å². The number of rotatable bonds is 5. The van der Waals surface area contributed by atoms with E-state index in [0.717, 1.165) is 28.0 Å². The van der Waals surface area contributed by atoms with Gasteiger partial charge in [0.2, 0.25) is 5.16 Å². The van der Waals surface area contributed by atoms with Crippen LogP contribution in [0.4, 0.5) is 0 Å². The third-order valence-corrected chi connectivity index (χ3v) is 4.75. The SMILES string of the molecule is COc1ccccc1-c1nc(SCc2ccc(I)cc2)n[nH]1. The Balaban J connectivity index is 1.72. The number of benzene rings is 2. The topological polar surface area (TPSA) is 50.8 Å². The first kappa shape index (κ1) is 15.4. The van der Waals surface area contributed by atoms with Crippen LogP contribution in [0.5, 0.6) is 5.75 Å². The normalized spacial score (nSPS) is 10.6. The van der Waals surface area contributed by atoms with Gasteiger partial charge in [-0.1, -0.05) is 36.0 Å². The highest BCUT2D eigenvalue weighted by atomic mass is 127. The van der Waals surface area contributed by atoms with Crippen molar-refractivity contribution in [1.29, 1.82) is 0 Å². The molecule has 0 fully saturated rings. The fourth-order valence-corrected chi connectivity index (χ4v) is 3.11. The quantitative estimate of drug-likeness (QED) is 0.489. The molecule has 22 heavy (non-hydrogen) atoms. The summed E-state index contributed by atoms with van der Waals surface area (Å²) in [4.78, 5) is 4.54. The number of H-pyrrole nitrogens is 1. The number of para-hydroxylation sites is 1. The van der Waals surface area contributed by atoms with Gasteiger partial charge in [-0.2, -0.15) is 0 Å². The summed E-state index contributed by atoms with van der Waals surface area (Å²) in [7, 11) is 1.65. The second-order valence-corrected chi connectivity index (χ2v) is 6.77. The van der Waals surface area contributed by atoms with Crippen LogP contribution in [0.25, 0.3) is 11.4 Å². The summed E-state index contributed by atoms with van der Waals surface area (Å²) in [6.45, 7) is 0. The lowest BCUT2D eigenvalue weighted by Crippen LogP contribution is -1.88. The Labute approximate surface area is 146 Å². The van der Waals surface area contributed by atoms with Crippen LogP contribution < -0.4 is 4.74 Å². The molecule has 4 nitrogen and oxygen atoms in total. The largest absolute Gasteiger partial charge is 0.496 e. The first-order valence-corrected chi connectivity index (χ1v) is 8.76. The van der Waals surface area contributed by atoms with Crippen LogP contribution in [0, 0.1) is 3.57 Å². The number of halogens is 1. The van der Waals surface area contributed by atoms with Gasteiger partial charge in [0.15, 0.2) is 5.82 Å². The average molecular weight is 423 g/mol. The lowest BCUT2D eigenvalue weighted by atomic mass is 10.2. The molecule has 0 radical (unpaired) electrons. The predicted octanol–water partition coefficient (Wildman–Crippen LogP) is 4.38. The monoisotopic (exact) mass is 423 g/mol. The van der Waals surface area contributed by atoms with Crippen LogP contribution in [0.15, 0.2) is 53.7 Å². The zero-order valence-electron chi connectivity index (χ0n) is 11.9. The van der Waals surface area contributed by atoms with Crippen LogP contribution in [0.1, 0.15) is 5.56 Å². The van der Waals surface area contributed by atoms with Crippen molar-refractivity contribution in [3.8, 4) is 17.1 Å². The summed E-state index contributed by atoms with van der Waals surface area (Å²) in [5.41, 5.74) is 2.17. The van der Waals surface area contributed by atoms with Crippen molar-refractivity contribution in [2.75, 3.05) is 7.11 Å². The summed E-state index contributed by atoms with van der Waals surface area (Å²) < 4.78 is 6.59. The van der Waals surface area contributed by atoms with Crippen LogP contribution in [0.3, 0.4) is 0 Å². The van der Waals surface area contributed by atoms with Crippen molar-refractivity contribution in [2.24, 2.45) is 0 Å². The molecule has 1 aromatic heterocycles. The molecule has 0 atom stereocenters. The summed E-state index contributed by atoms with van der Waals surface area (Å²) in [5, 5.41) is 7.99. The van der Waals surface area contributed by atoms with Crippen LogP contribution in [-0.4, -0.2) is 22.3 Å². The highest BCUT2D eigenvalue weighted by Crippen LogP contribution is 2.28. The van der Waals surface area contributed by atoms with Gasteiger partial charge in [-0.3, -0.25) is 5.10 Å². The molecule has 3 aromatic rings. The maximum Gasteiger partial charge on any atom is 0.209 e. The van der Waals surface area contributed by atoms with Gasteiger partial charge in [0.25, 0.3) is 0 Å². The number of methoxy groups -OCH3 is 1. The van der Waals surface area contributed by atoms with Gasteiger partial charge in [0.05, 0.1) is 12.7 Å². The standard InChI is InChI=1S/C16H14IN3OS/c1-21-14-5-3-2-4-13(14)15-18-16(20-19-15)22-10-11-6-8-12(17)9-7-11/h2-9H,10H2,1H3,(H,18,19,20). The minimum absolute atomic E-state index is 0.725.